The first-order valence-corrected chi connectivity index (χ1v) is 63.2. The highest BCUT2D eigenvalue weighted by molar-refractivity contribution is 6.75. The average Bonchev–Trinajstić information content (AvgIpc) is 1.45. The minimum Gasteiger partial charge on any atom is -0.461 e. The van der Waals surface area contributed by atoms with Gasteiger partial charge in [0.25, 0.3) is 0 Å². The second kappa shape index (κ2) is 34.7. The standard InChI is InChI=1S/C32H53FO5Si.C30H51FO4Si.C28H48O4Si.C22H34O4/c1-11-35-28(34)25(33)22-13-12-20-24-21(15-17-31(20,22)7)32(8)16-14-19(38-39(9,10)29(2,3)4)18-23(32)26-27(24)37-30(5,6)36-26;1-27(2,3)36(8,9)35-18-12-14-30(7)21-13-15-29(6)19(23(31)17-32)10-11-20(29)24(21)26-25(22(30)16-18)33-28(4,5)34-26;1-25(2,3)33(8,9)32-17-12-14-27(6)19-13-15-28(7)18(10-11-21(28)29)22(19)24-23(20(27)16-17)30-26(4,5)31-24;1-20(2)25-18-15-11-12(23)7-9-21(15,3)14-8-10-22(4)13(5-6-16(22)24)17(14)19(18)26-20/h19-21,23-24,26-27H,11-18H2,1-10H3;18,20-22,24-26,32H,10-17H2,1-9H3;17-20,22-24H,10-16H2,1-9H3;12-15,17-19,23H,5-11H2,1-4H3/b25-22+;23-19+;;/t19-,20?,21?,23?,24?,26+,27+,31-,32+;18-,20?,21?,22?,24?,25+,26+,29+,30+;17-,18?,19?,20?,22?,23+,24+,27+,28-;12-,13?,14?,15?,17?,18+,19+,21+,22-/m0000/s1. The minimum atomic E-state index is -1.88. The Kier molecular flexibility index (Phi) is 26.9. The fourth-order valence-corrected chi connectivity index (χ4v) is 39.3. The van der Waals surface area contributed by atoms with Crippen LogP contribution in [0.5, 0.6) is 0 Å². The van der Waals surface area contributed by atoms with E-state index in [1.807, 2.05) is 27.7 Å². The molecule has 762 valence electrons. The lowest BCUT2D eigenvalue weighted by atomic mass is 9.43. The van der Waals surface area contributed by atoms with Crippen LogP contribution in [0.1, 0.15) is 360 Å². The van der Waals surface area contributed by atoms with Gasteiger partial charge < -0.3 is 66.1 Å². The molecule has 20 rings (SSSR count). The number of esters is 1. The number of aliphatic hydroxyl groups excluding tert-OH is 2. The van der Waals surface area contributed by atoms with Gasteiger partial charge in [-0.3, -0.25) is 9.59 Å². The summed E-state index contributed by atoms with van der Waals surface area (Å²) in [4.78, 5) is 38.1. The van der Waals surface area contributed by atoms with Crippen LogP contribution >= 0.6 is 0 Å². The van der Waals surface area contributed by atoms with Gasteiger partial charge in [0.1, 0.15) is 17.4 Å². The molecule has 20 aliphatic rings. The van der Waals surface area contributed by atoms with Crippen LogP contribution in [-0.2, 0) is 70.3 Å². The lowest BCUT2D eigenvalue weighted by Crippen LogP contribution is -2.63. The second-order valence-electron chi connectivity index (χ2n) is 56.5. The first-order chi connectivity index (χ1) is 61.7. The molecule has 4 aliphatic heterocycles. The normalized spacial score (nSPS) is 49.1. The minimum absolute atomic E-state index is 0.00988. The lowest BCUT2D eigenvalue weighted by Gasteiger charge is -2.63. The number of allylic oxidation sites excluding steroid dienone is 2. The summed E-state index contributed by atoms with van der Waals surface area (Å²) in [5.74, 6) is 3.86. The molecule has 0 aromatic carbocycles. The summed E-state index contributed by atoms with van der Waals surface area (Å²) >= 11 is 0. The van der Waals surface area contributed by atoms with Gasteiger partial charge in [-0.25, -0.2) is 9.18 Å². The van der Waals surface area contributed by atoms with Gasteiger partial charge in [0, 0.05) is 42.0 Å². The molecule has 0 radical (unpaired) electrons. The van der Waals surface area contributed by atoms with E-state index in [-0.39, 0.29) is 138 Å². The average molecular weight is 1930 g/mol. The van der Waals surface area contributed by atoms with E-state index in [9.17, 15) is 29.0 Å². The predicted molar refractivity (Wildman–Crippen MR) is 527 cm³/mol. The highest BCUT2D eigenvalue weighted by Crippen LogP contribution is 2.76. The number of ketones is 2. The molecule has 4 heterocycles. The molecule has 4 saturated heterocycles. The van der Waals surface area contributed by atoms with Crippen LogP contribution in [-0.4, -0.2) is 162 Å². The van der Waals surface area contributed by atoms with E-state index in [1.165, 1.54) is 12.8 Å². The number of Topliss-reactive ketones (excluding diaryl/α,β-unsaturated/α-hetero) is 2. The van der Waals surface area contributed by atoms with Gasteiger partial charge in [-0.15, -0.1) is 0 Å². The molecule has 134 heavy (non-hydrogen) atoms. The van der Waals surface area contributed by atoms with Crippen LogP contribution in [0.25, 0.3) is 0 Å². The first kappa shape index (κ1) is 104. The molecule has 0 aromatic heterocycles. The Balaban J connectivity index is 0.000000125. The molecule has 17 nitrogen and oxygen atoms in total. The number of rotatable bonds is 9. The molecule has 20 fully saturated rings. The van der Waals surface area contributed by atoms with E-state index >= 15 is 4.39 Å². The van der Waals surface area contributed by atoms with Crippen LogP contribution in [0.15, 0.2) is 22.8 Å². The summed E-state index contributed by atoms with van der Waals surface area (Å²) in [6.07, 6.45) is 29.3. The summed E-state index contributed by atoms with van der Waals surface area (Å²) in [5, 5.41) is 20.6. The highest BCUT2D eigenvalue weighted by Gasteiger charge is 2.75. The van der Waals surface area contributed by atoms with Crippen molar-refractivity contribution >= 4 is 42.5 Å². The van der Waals surface area contributed by atoms with Gasteiger partial charge in [-0.2, -0.15) is 4.39 Å². The number of carbonyl (C=O) groups is 3. The third-order valence-corrected chi connectivity index (χ3v) is 58.6. The molecule has 16 saturated carbocycles. The topological polar surface area (TPSA) is 202 Å². The molecule has 0 amide bonds. The largest absolute Gasteiger partial charge is 0.461 e. The Labute approximate surface area is 811 Å². The van der Waals surface area contributed by atoms with Crippen molar-refractivity contribution in [3.05, 3.63) is 22.8 Å². The van der Waals surface area contributed by atoms with Gasteiger partial charge in [-0.05, 0) is 422 Å². The number of halogens is 2. The Morgan fingerprint density at radius 3 is 0.910 bits per heavy atom. The van der Waals surface area contributed by atoms with Crippen molar-refractivity contribution in [3.63, 3.8) is 0 Å². The number of fused-ring (bicyclic) bond motifs is 32. The maximum Gasteiger partial charge on any atom is 0.367 e. The van der Waals surface area contributed by atoms with E-state index in [1.54, 1.807) is 6.92 Å². The van der Waals surface area contributed by atoms with Crippen molar-refractivity contribution in [2.75, 3.05) is 13.2 Å². The number of hydrogen-bond acceptors (Lipinski definition) is 17. The zero-order valence-corrected chi connectivity index (χ0v) is 92.7. The summed E-state index contributed by atoms with van der Waals surface area (Å²) in [7, 11) is -5.55. The Hall–Kier alpha value is -1.72. The van der Waals surface area contributed by atoms with Crippen LogP contribution < -0.4 is 0 Å². The summed E-state index contributed by atoms with van der Waals surface area (Å²) in [6.45, 7) is 72.1. The van der Waals surface area contributed by atoms with Crippen molar-refractivity contribution in [1.29, 1.82) is 0 Å². The van der Waals surface area contributed by atoms with Crippen molar-refractivity contribution in [3.8, 4) is 0 Å². The number of hydrogen-bond donors (Lipinski definition) is 2. The van der Waals surface area contributed by atoms with Gasteiger partial charge in [0.05, 0.1) is 68.1 Å². The zero-order valence-electron chi connectivity index (χ0n) is 89.7. The van der Waals surface area contributed by atoms with Gasteiger partial charge in [0.2, 0.25) is 5.83 Å². The van der Waals surface area contributed by atoms with E-state index < -0.39 is 66.5 Å². The quantitative estimate of drug-likeness (QED) is 0.125. The molecule has 36 atom stereocenters. The number of ether oxygens (including phenoxy) is 9. The van der Waals surface area contributed by atoms with Crippen LogP contribution in [0, 0.1) is 138 Å². The molecule has 16 aliphatic carbocycles. The molecular weight excluding hydrogens is 1740 g/mol. The van der Waals surface area contributed by atoms with Gasteiger partial charge >= 0.3 is 5.97 Å². The lowest BCUT2D eigenvalue weighted by molar-refractivity contribution is -0.186. The van der Waals surface area contributed by atoms with Crippen molar-refractivity contribution in [2.45, 2.75) is 511 Å². The van der Waals surface area contributed by atoms with E-state index in [2.05, 4.69) is 185 Å². The molecule has 2 N–H and O–H groups in total. The third-order valence-electron chi connectivity index (χ3n) is 44.9. The summed E-state index contributed by atoms with van der Waals surface area (Å²) in [5.41, 5.74) is 1.50. The van der Waals surface area contributed by atoms with Crippen LogP contribution in [0.4, 0.5) is 8.78 Å². The molecule has 0 spiro atoms. The van der Waals surface area contributed by atoms with Crippen LogP contribution in [0.2, 0.25) is 54.4 Å². The molecule has 16 unspecified atom stereocenters. The molecule has 0 aromatic rings. The fraction of sp³-hybridized carbons (Fsp3) is 0.938. The summed E-state index contributed by atoms with van der Waals surface area (Å²) in [6, 6.07) is 0. The zero-order chi connectivity index (χ0) is 97.9. The van der Waals surface area contributed by atoms with Crippen molar-refractivity contribution in [2.24, 2.45) is 138 Å². The molecule has 0 bridgehead atoms. The fourth-order valence-electron chi connectivity index (χ4n) is 35.1. The van der Waals surface area contributed by atoms with E-state index in [0.717, 1.165) is 166 Å². The number of aliphatic hydroxyl groups is 2. The summed E-state index contributed by atoms with van der Waals surface area (Å²) < 4.78 is 110. The smallest absolute Gasteiger partial charge is 0.367 e. The first-order valence-electron chi connectivity index (χ1n) is 54.5. The Morgan fingerprint density at radius 1 is 0.351 bits per heavy atom. The highest BCUT2D eigenvalue weighted by atomic mass is 28.4. The number of carbonyl (C=O) groups excluding carboxylic acids is 3. The Morgan fingerprint density at radius 2 is 0.612 bits per heavy atom. The molecular formula is C112H186F2O17Si3. The van der Waals surface area contributed by atoms with Gasteiger partial charge in [0.15, 0.2) is 48.1 Å². The van der Waals surface area contributed by atoms with Crippen molar-refractivity contribution < 1.29 is 89.3 Å². The van der Waals surface area contributed by atoms with Gasteiger partial charge in [-0.1, -0.05) is 118 Å². The SMILES string of the molecule is CC1(C)O[C@@H]2C3C(CC[C@]4(C)/C(=C(/F)CO)CCC34)[C@@]3(C)CC[C@H](O[Si](C)(C)C(C)(C)C)CC3[C@H]2O1.CC1(C)O[C@@H]2C3C(CC[C@]4(C)C(=O)CCC34)[C@@]3(C)CC[C@H](O)CC3[C@H]2O1.CC1(C)O[C@@H]2C3C(CC[C@]4(C)C(=O)CCC34)[C@@]3(C)CC[C@H](O[Si](C)(C)C(C)(C)C)CC3[C@H]2O1.CCOC(=O)/C(F)=C1/CCC2C3C(CC[C@]12C)[C@@]1(C)CC[C@H](O[Si](C)(C)C(C)(C)C)CC1[C@H]1OC(C)(C)O[C@H]31. The van der Waals surface area contributed by atoms with Crippen LogP contribution in [0.3, 0.4) is 0 Å². The monoisotopic (exact) mass is 1930 g/mol. The van der Waals surface area contributed by atoms with E-state index in [4.69, 9.17) is 55.9 Å². The third kappa shape index (κ3) is 17.1. The maximum atomic E-state index is 15.5. The maximum absolute atomic E-state index is 15.5. The Bertz CT molecular complexity index is 4460. The second-order valence-corrected chi connectivity index (χ2v) is 70.8. The van der Waals surface area contributed by atoms with Crippen molar-refractivity contribution in [1.82, 2.24) is 0 Å². The predicted octanol–water partition coefficient (Wildman–Crippen LogP) is 25.7. The van der Waals surface area contributed by atoms with E-state index in [0.29, 0.717) is 125 Å². The molecule has 22 heteroatoms.